The zero-order chi connectivity index (χ0) is 9.19. The SMILES string of the molecule is CCOC(=O)C1(CN)CC(O)C1. The van der Waals surface area contributed by atoms with Gasteiger partial charge < -0.3 is 15.6 Å². The molecule has 0 bridgehead atoms. The standard InChI is InChI=1S/C8H15NO3/c1-2-12-7(11)8(5-9)3-6(10)4-8/h6,10H,2-5,9H2,1H3. The first-order valence-electron chi connectivity index (χ1n) is 4.20. The second kappa shape index (κ2) is 3.41. The molecule has 0 amide bonds. The lowest BCUT2D eigenvalue weighted by atomic mass is 9.67. The fraction of sp³-hybridized carbons (Fsp3) is 0.875. The van der Waals surface area contributed by atoms with Crippen LogP contribution >= 0.6 is 0 Å². The van der Waals surface area contributed by atoms with Crippen molar-refractivity contribution in [3.05, 3.63) is 0 Å². The molecule has 0 saturated heterocycles. The van der Waals surface area contributed by atoms with Gasteiger partial charge in [-0.25, -0.2) is 0 Å². The molecule has 0 heterocycles. The Kier molecular flexibility index (Phi) is 2.69. The summed E-state index contributed by atoms with van der Waals surface area (Å²) in [5.74, 6) is -0.266. The molecule has 3 N–H and O–H groups in total. The highest BCUT2D eigenvalue weighted by molar-refractivity contribution is 5.78. The first kappa shape index (κ1) is 9.48. The molecule has 0 aromatic rings. The van der Waals surface area contributed by atoms with E-state index in [4.69, 9.17) is 15.6 Å². The van der Waals surface area contributed by atoms with Gasteiger partial charge in [0.05, 0.1) is 18.1 Å². The maximum absolute atomic E-state index is 11.3. The molecule has 0 aromatic heterocycles. The summed E-state index contributed by atoms with van der Waals surface area (Å²) in [6, 6.07) is 0. The van der Waals surface area contributed by atoms with Gasteiger partial charge in [-0.2, -0.15) is 0 Å². The Morgan fingerprint density at radius 3 is 2.67 bits per heavy atom. The lowest BCUT2D eigenvalue weighted by Crippen LogP contribution is -2.52. The summed E-state index contributed by atoms with van der Waals surface area (Å²) in [6.45, 7) is 2.40. The first-order chi connectivity index (χ1) is 5.64. The van der Waals surface area contributed by atoms with Crippen molar-refractivity contribution in [2.75, 3.05) is 13.2 Å². The predicted octanol–water partition coefficient (Wildman–Crippen LogP) is -0.351. The summed E-state index contributed by atoms with van der Waals surface area (Å²) in [5, 5.41) is 9.07. The van der Waals surface area contributed by atoms with Crippen molar-refractivity contribution in [3.8, 4) is 0 Å². The molecule has 1 aliphatic carbocycles. The Labute approximate surface area is 71.7 Å². The van der Waals surface area contributed by atoms with Crippen molar-refractivity contribution in [3.63, 3.8) is 0 Å². The maximum Gasteiger partial charge on any atom is 0.313 e. The van der Waals surface area contributed by atoms with Gasteiger partial charge >= 0.3 is 5.97 Å². The van der Waals surface area contributed by atoms with Crippen LogP contribution in [0.2, 0.25) is 0 Å². The van der Waals surface area contributed by atoms with Crippen LogP contribution in [0.5, 0.6) is 0 Å². The van der Waals surface area contributed by atoms with Crippen LogP contribution in [0.3, 0.4) is 0 Å². The Balaban J connectivity index is 2.51. The Bertz CT molecular complexity index is 175. The van der Waals surface area contributed by atoms with Crippen molar-refractivity contribution < 1.29 is 14.6 Å². The largest absolute Gasteiger partial charge is 0.466 e. The summed E-state index contributed by atoms with van der Waals surface area (Å²) in [5.41, 5.74) is 4.86. The number of carbonyl (C=O) groups excluding carboxylic acids is 1. The Hall–Kier alpha value is -0.610. The van der Waals surface area contributed by atoms with E-state index in [1.165, 1.54) is 0 Å². The van der Waals surface area contributed by atoms with Crippen LogP contribution < -0.4 is 5.73 Å². The van der Waals surface area contributed by atoms with E-state index < -0.39 is 5.41 Å². The summed E-state index contributed by atoms with van der Waals surface area (Å²) in [7, 11) is 0. The Morgan fingerprint density at radius 2 is 2.33 bits per heavy atom. The average Bonchev–Trinajstić information content (AvgIpc) is 1.98. The van der Waals surface area contributed by atoms with Gasteiger partial charge in [0.1, 0.15) is 0 Å². The van der Waals surface area contributed by atoms with Crippen LogP contribution in [-0.2, 0) is 9.53 Å². The Morgan fingerprint density at radius 1 is 1.75 bits per heavy atom. The molecule has 0 atom stereocenters. The number of rotatable bonds is 3. The average molecular weight is 173 g/mol. The van der Waals surface area contributed by atoms with Gasteiger partial charge in [-0.1, -0.05) is 0 Å². The summed E-state index contributed by atoms with van der Waals surface area (Å²) < 4.78 is 4.86. The van der Waals surface area contributed by atoms with Gasteiger partial charge in [-0.15, -0.1) is 0 Å². The molecule has 70 valence electrons. The molecule has 1 rings (SSSR count). The van der Waals surface area contributed by atoms with Gasteiger partial charge in [0.25, 0.3) is 0 Å². The molecule has 0 aliphatic heterocycles. The molecule has 0 aromatic carbocycles. The number of hydrogen-bond acceptors (Lipinski definition) is 4. The van der Waals surface area contributed by atoms with E-state index in [1.807, 2.05) is 0 Å². The third-order valence-corrected chi connectivity index (χ3v) is 2.35. The van der Waals surface area contributed by atoms with Crippen LogP contribution in [-0.4, -0.2) is 30.3 Å². The fourth-order valence-corrected chi connectivity index (χ4v) is 1.54. The molecule has 1 fully saturated rings. The van der Waals surface area contributed by atoms with Gasteiger partial charge in [0, 0.05) is 6.54 Å². The second-order valence-electron chi connectivity index (χ2n) is 3.27. The van der Waals surface area contributed by atoms with Crippen molar-refractivity contribution in [2.24, 2.45) is 11.1 Å². The van der Waals surface area contributed by atoms with Crippen molar-refractivity contribution in [1.29, 1.82) is 0 Å². The number of carbonyl (C=O) groups is 1. The van der Waals surface area contributed by atoms with Crippen LogP contribution in [0.25, 0.3) is 0 Å². The third kappa shape index (κ3) is 1.44. The van der Waals surface area contributed by atoms with Gasteiger partial charge in [0.15, 0.2) is 0 Å². The highest BCUT2D eigenvalue weighted by Gasteiger charge is 2.49. The predicted molar refractivity (Wildman–Crippen MR) is 43.4 cm³/mol. The zero-order valence-electron chi connectivity index (χ0n) is 7.25. The smallest absolute Gasteiger partial charge is 0.313 e. The number of aliphatic hydroxyl groups excluding tert-OH is 1. The van der Waals surface area contributed by atoms with Crippen molar-refractivity contribution in [2.45, 2.75) is 25.9 Å². The molecular formula is C8H15NO3. The molecule has 4 nitrogen and oxygen atoms in total. The van der Waals surface area contributed by atoms with E-state index in [0.29, 0.717) is 19.4 Å². The molecular weight excluding hydrogens is 158 g/mol. The summed E-state index contributed by atoms with van der Waals surface area (Å²) in [6.07, 6.45) is 0.517. The van der Waals surface area contributed by atoms with Crippen LogP contribution in [0.4, 0.5) is 0 Å². The van der Waals surface area contributed by atoms with E-state index in [1.54, 1.807) is 6.92 Å². The highest BCUT2D eigenvalue weighted by Crippen LogP contribution is 2.41. The number of aliphatic hydroxyl groups is 1. The topological polar surface area (TPSA) is 72.5 Å². The maximum atomic E-state index is 11.3. The molecule has 0 spiro atoms. The van der Waals surface area contributed by atoms with Crippen molar-refractivity contribution in [1.82, 2.24) is 0 Å². The van der Waals surface area contributed by atoms with Crippen LogP contribution in [0, 0.1) is 5.41 Å². The molecule has 0 radical (unpaired) electrons. The number of esters is 1. The highest BCUT2D eigenvalue weighted by atomic mass is 16.5. The van der Waals surface area contributed by atoms with Crippen LogP contribution in [0.15, 0.2) is 0 Å². The van der Waals surface area contributed by atoms with Gasteiger partial charge in [-0.05, 0) is 19.8 Å². The number of ether oxygens (including phenoxy) is 1. The minimum atomic E-state index is -0.588. The fourth-order valence-electron chi connectivity index (χ4n) is 1.54. The van der Waals surface area contributed by atoms with E-state index in [2.05, 4.69) is 0 Å². The van der Waals surface area contributed by atoms with E-state index in [-0.39, 0.29) is 18.6 Å². The summed E-state index contributed by atoms with van der Waals surface area (Å²) in [4.78, 5) is 11.3. The lowest BCUT2D eigenvalue weighted by Gasteiger charge is -2.41. The third-order valence-electron chi connectivity index (χ3n) is 2.35. The lowest BCUT2D eigenvalue weighted by molar-refractivity contribution is -0.168. The number of hydrogen-bond donors (Lipinski definition) is 2. The minimum absolute atomic E-state index is 0.266. The second-order valence-corrected chi connectivity index (χ2v) is 3.27. The zero-order valence-corrected chi connectivity index (χ0v) is 7.25. The van der Waals surface area contributed by atoms with E-state index >= 15 is 0 Å². The first-order valence-corrected chi connectivity index (χ1v) is 4.20. The minimum Gasteiger partial charge on any atom is -0.466 e. The summed E-state index contributed by atoms with van der Waals surface area (Å²) >= 11 is 0. The quantitative estimate of drug-likeness (QED) is 0.572. The van der Waals surface area contributed by atoms with Crippen molar-refractivity contribution >= 4 is 5.97 Å². The van der Waals surface area contributed by atoms with Gasteiger partial charge in [0.2, 0.25) is 0 Å². The molecule has 4 heteroatoms. The monoisotopic (exact) mass is 173 g/mol. The van der Waals surface area contributed by atoms with Crippen LogP contribution in [0.1, 0.15) is 19.8 Å². The molecule has 1 saturated carbocycles. The normalized spacial score (nSPS) is 34.1. The van der Waals surface area contributed by atoms with E-state index in [0.717, 1.165) is 0 Å². The molecule has 0 unspecified atom stereocenters. The van der Waals surface area contributed by atoms with Gasteiger partial charge in [-0.3, -0.25) is 4.79 Å². The molecule has 12 heavy (non-hydrogen) atoms. The molecule has 1 aliphatic rings. The number of nitrogens with two attached hydrogens (primary N) is 1. The van der Waals surface area contributed by atoms with E-state index in [9.17, 15) is 4.79 Å².